The van der Waals surface area contributed by atoms with E-state index in [1.54, 1.807) is 0 Å². The van der Waals surface area contributed by atoms with Gasteiger partial charge in [0, 0.05) is 38.6 Å². The zero-order valence-electron chi connectivity index (χ0n) is 24.2. The summed E-state index contributed by atoms with van der Waals surface area (Å²) < 4.78 is 13.5. The normalized spacial score (nSPS) is 13.2. The largest absolute Gasteiger partial charge is 0.456 e. The van der Waals surface area contributed by atoms with E-state index in [0.717, 1.165) is 33.1 Å². The highest BCUT2D eigenvalue weighted by Gasteiger charge is 2.43. The summed E-state index contributed by atoms with van der Waals surface area (Å²) in [6.07, 6.45) is 0. The Balaban J connectivity index is 1.27. The molecule has 0 radical (unpaired) electrons. The Kier molecular flexibility index (Phi) is 4.40. The van der Waals surface area contributed by atoms with E-state index in [2.05, 4.69) is 140 Å². The van der Waals surface area contributed by atoms with Crippen LogP contribution in [0.2, 0.25) is 0 Å². The van der Waals surface area contributed by atoms with Gasteiger partial charge in [-0.1, -0.05) is 103 Å². The van der Waals surface area contributed by atoms with Gasteiger partial charge < -0.3 is 8.83 Å². The van der Waals surface area contributed by atoms with Gasteiger partial charge in [0.1, 0.15) is 22.3 Å². The number of fused-ring (bicyclic) bond motifs is 14. The van der Waals surface area contributed by atoms with Gasteiger partial charge in [-0.05, 0) is 86.5 Å². The number of furan rings is 2. The summed E-state index contributed by atoms with van der Waals surface area (Å²) in [5.41, 5.74) is 17.7. The zero-order valence-corrected chi connectivity index (χ0v) is 24.2. The SMILES string of the molecule is c1ccc(-c2ccccc2-c2cc3c4c(c2)-c2ccc5c(oc6ccccc65)c2C4c2c-3ccc3c2oc2ccccc23)cc1. The average Bonchev–Trinajstić information content (AvgIpc) is 3.84. The van der Waals surface area contributed by atoms with Crippen LogP contribution in [0.15, 0.2) is 148 Å². The molecule has 9 aromatic rings. The van der Waals surface area contributed by atoms with Gasteiger partial charge >= 0.3 is 0 Å². The maximum absolute atomic E-state index is 6.73. The van der Waals surface area contributed by atoms with Crippen molar-refractivity contribution in [1.82, 2.24) is 0 Å². The van der Waals surface area contributed by atoms with E-state index in [4.69, 9.17) is 8.83 Å². The van der Waals surface area contributed by atoms with Crippen molar-refractivity contribution in [1.29, 1.82) is 0 Å². The van der Waals surface area contributed by atoms with Gasteiger partial charge in [0.05, 0.1) is 0 Å². The molecule has 2 aliphatic rings. The van der Waals surface area contributed by atoms with Crippen molar-refractivity contribution in [2.24, 2.45) is 0 Å². The number of rotatable bonds is 2. The predicted molar refractivity (Wildman–Crippen MR) is 184 cm³/mol. The highest BCUT2D eigenvalue weighted by molar-refractivity contribution is 6.14. The van der Waals surface area contributed by atoms with Crippen LogP contribution in [0.3, 0.4) is 0 Å². The molecule has 208 valence electrons. The second-order valence-electron chi connectivity index (χ2n) is 12.3. The lowest BCUT2D eigenvalue weighted by Crippen LogP contribution is -1.96. The lowest BCUT2D eigenvalue weighted by atomic mass is 9.89. The maximum Gasteiger partial charge on any atom is 0.140 e. The fraction of sp³-hybridized carbons (Fsp3) is 0.0233. The topological polar surface area (TPSA) is 26.3 Å². The van der Waals surface area contributed by atoms with Crippen LogP contribution in [0.5, 0.6) is 0 Å². The van der Waals surface area contributed by atoms with Crippen molar-refractivity contribution < 1.29 is 8.83 Å². The molecule has 0 bridgehead atoms. The van der Waals surface area contributed by atoms with Crippen LogP contribution < -0.4 is 0 Å². The molecule has 0 fully saturated rings. The molecule has 2 heteroatoms. The van der Waals surface area contributed by atoms with E-state index >= 15 is 0 Å². The Hall–Kier alpha value is -5.86. The van der Waals surface area contributed by atoms with Crippen molar-refractivity contribution in [2.45, 2.75) is 5.92 Å². The lowest BCUT2D eigenvalue weighted by molar-refractivity contribution is 0.656. The van der Waals surface area contributed by atoms with E-state index < -0.39 is 0 Å². The van der Waals surface area contributed by atoms with Crippen LogP contribution in [-0.4, -0.2) is 0 Å². The summed E-state index contributed by atoms with van der Waals surface area (Å²) in [6, 6.07) is 50.2. The van der Waals surface area contributed by atoms with Crippen molar-refractivity contribution in [3.8, 4) is 44.5 Å². The van der Waals surface area contributed by atoms with Crippen LogP contribution in [-0.2, 0) is 0 Å². The fourth-order valence-electron chi connectivity index (χ4n) is 8.27. The summed E-state index contributed by atoms with van der Waals surface area (Å²) in [4.78, 5) is 0. The van der Waals surface area contributed by atoms with E-state index in [-0.39, 0.29) is 5.92 Å². The molecular weight excluding hydrogens is 548 g/mol. The Labute approximate surface area is 258 Å². The second-order valence-corrected chi connectivity index (χ2v) is 12.3. The molecule has 0 atom stereocenters. The van der Waals surface area contributed by atoms with Crippen LogP contribution in [0, 0.1) is 0 Å². The molecule has 2 nitrogen and oxygen atoms in total. The smallest absolute Gasteiger partial charge is 0.140 e. The molecule has 0 saturated heterocycles. The summed E-state index contributed by atoms with van der Waals surface area (Å²) in [6.45, 7) is 0. The lowest BCUT2D eigenvalue weighted by Gasteiger charge is -2.14. The van der Waals surface area contributed by atoms with Gasteiger partial charge in [0.15, 0.2) is 0 Å². The molecule has 0 saturated carbocycles. The number of benzene rings is 7. The average molecular weight is 573 g/mol. The fourth-order valence-corrected chi connectivity index (χ4v) is 8.27. The predicted octanol–water partition coefficient (Wildman–Crippen LogP) is 12.0. The first kappa shape index (κ1) is 23.6. The van der Waals surface area contributed by atoms with E-state index in [1.165, 1.54) is 72.0 Å². The molecule has 0 unspecified atom stereocenters. The van der Waals surface area contributed by atoms with Gasteiger partial charge in [-0.3, -0.25) is 0 Å². The Morgan fingerprint density at radius 3 is 1.40 bits per heavy atom. The third kappa shape index (κ3) is 2.99. The van der Waals surface area contributed by atoms with E-state index in [9.17, 15) is 0 Å². The molecule has 2 heterocycles. The minimum Gasteiger partial charge on any atom is -0.456 e. The van der Waals surface area contributed by atoms with E-state index in [1.807, 2.05) is 0 Å². The van der Waals surface area contributed by atoms with Gasteiger partial charge in [0.2, 0.25) is 0 Å². The Bertz CT molecular complexity index is 2560. The summed E-state index contributed by atoms with van der Waals surface area (Å²) >= 11 is 0. The number of hydrogen-bond donors (Lipinski definition) is 0. The quantitative estimate of drug-likeness (QED) is 0.206. The third-order valence-corrected chi connectivity index (χ3v) is 10.1. The number of hydrogen-bond acceptors (Lipinski definition) is 2. The first-order valence-electron chi connectivity index (χ1n) is 15.6. The van der Waals surface area contributed by atoms with Gasteiger partial charge in [-0.15, -0.1) is 0 Å². The highest BCUT2D eigenvalue weighted by Crippen LogP contribution is 2.62. The molecule has 2 aliphatic carbocycles. The van der Waals surface area contributed by atoms with E-state index in [0.29, 0.717) is 0 Å². The van der Waals surface area contributed by atoms with Gasteiger partial charge in [0.25, 0.3) is 0 Å². The van der Waals surface area contributed by atoms with Crippen LogP contribution in [0.4, 0.5) is 0 Å². The molecule has 7 aromatic carbocycles. The molecule has 0 aliphatic heterocycles. The summed E-state index contributed by atoms with van der Waals surface area (Å²) in [5, 5.41) is 4.64. The van der Waals surface area contributed by atoms with Crippen LogP contribution >= 0.6 is 0 Å². The van der Waals surface area contributed by atoms with Crippen molar-refractivity contribution in [2.75, 3.05) is 0 Å². The second kappa shape index (κ2) is 8.40. The molecule has 45 heavy (non-hydrogen) atoms. The molecule has 0 amide bonds. The summed E-state index contributed by atoms with van der Waals surface area (Å²) in [5.74, 6) is 0.0342. The molecule has 2 aromatic heterocycles. The monoisotopic (exact) mass is 572 g/mol. The zero-order chi connectivity index (χ0) is 29.2. The Morgan fingerprint density at radius 1 is 0.333 bits per heavy atom. The Morgan fingerprint density at radius 2 is 0.822 bits per heavy atom. The number of para-hydroxylation sites is 2. The molecule has 11 rings (SSSR count). The highest BCUT2D eigenvalue weighted by atomic mass is 16.3. The van der Waals surface area contributed by atoms with Gasteiger partial charge in [-0.2, -0.15) is 0 Å². The van der Waals surface area contributed by atoms with Crippen LogP contribution in [0.1, 0.15) is 22.6 Å². The third-order valence-electron chi connectivity index (χ3n) is 10.1. The first-order chi connectivity index (χ1) is 22.3. The summed E-state index contributed by atoms with van der Waals surface area (Å²) in [7, 11) is 0. The maximum atomic E-state index is 6.73. The molecule has 0 N–H and O–H groups in total. The van der Waals surface area contributed by atoms with Crippen LogP contribution in [0.25, 0.3) is 88.4 Å². The molecular formula is C43H24O2. The van der Waals surface area contributed by atoms with Crippen molar-refractivity contribution >= 4 is 43.9 Å². The van der Waals surface area contributed by atoms with Crippen molar-refractivity contribution in [3.05, 3.63) is 156 Å². The van der Waals surface area contributed by atoms with Gasteiger partial charge in [-0.25, -0.2) is 0 Å². The standard InChI is InChI=1S/C43H24O2/c1-2-10-24(11-3-1)26-12-4-5-13-27(26)25-22-34-30-18-20-32-28-14-6-8-16-36(28)44-42(32)39(30)41-38(34)35(23-25)31-19-21-33-29-15-7-9-17-37(29)45-43(33)40(31)41/h1-23,41H. The molecule has 0 spiro atoms. The first-order valence-corrected chi connectivity index (χ1v) is 15.6. The minimum absolute atomic E-state index is 0.0342. The van der Waals surface area contributed by atoms with Crippen molar-refractivity contribution in [3.63, 3.8) is 0 Å². The minimum atomic E-state index is 0.0342.